The summed E-state index contributed by atoms with van der Waals surface area (Å²) in [6.45, 7) is 5.71. The molecule has 5 heteroatoms. The summed E-state index contributed by atoms with van der Waals surface area (Å²) in [5.41, 5.74) is -0.967. The number of halogens is 1. The predicted octanol–water partition coefficient (Wildman–Crippen LogP) is 3.91. The van der Waals surface area contributed by atoms with Crippen LogP contribution in [0.2, 0.25) is 0 Å². The van der Waals surface area contributed by atoms with Gasteiger partial charge in [-0.1, -0.05) is 11.8 Å². The molecule has 0 amide bonds. The number of benzene rings is 1. The number of ether oxygens (including phenoxy) is 1. The SMILES string of the molecule is CN(CCCOc1ccc(F)cc1)Cc1ccc(C#CC(C)(C)O)s1. The van der Waals surface area contributed by atoms with E-state index in [9.17, 15) is 9.50 Å². The summed E-state index contributed by atoms with van der Waals surface area (Å²) in [6.07, 6.45) is 0.893. The lowest BCUT2D eigenvalue weighted by atomic mass is 10.1. The first kappa shape index (κ1) is 19.5. The highest BCUT2D eigenvalue weighted by molar-refractivity contribution is 7.12. The Labute approximate surface area is 153 Å². The molecule has 1 aromatic heterocycles. The van der Waals surface area contributed by atoms with Gasteiger partial charge >= 0.3 is 0 Å². The fourth-order valence-electron chi connectivity index (χ4n) is 2.15. The highest BCUT2D eigenvalue weighted by Crippen LogP contribution is 2.17. The Morgan fingerprint density at radius 3 is 2.60 bits per heavy atom. The average molecular weight is 361 g/mol. The summed E-state index contributed by atoms with van der Waals surface area (Å²) >= 11 is 1.65. The van der Waals surface area contributed by atoms with Crippen molar-refractivity contribution in [3.8, 4) is 17.6 Å². The van der Waals surface area contributed by atoms with Gasteiger partial charge in [-0.2, -0.15) is 0 Å². The molecule has 0 aliphatic rings. The molecule has 2 aromatic rings. The summed E-state index contributed by atoms with van der Waals surface area (Å²) in [7, 11) is 2.07. The third-order valence-corrected chi connectivity index (χ3v) is 4.33. The van der Waals surface area contributed by atoms with Crippen LogP contribution in [0.4, 0.5) is 4.39 Å². The molecule has 0 unspecified atom stereocenters. The van der Waals surface area contributed by atoms with Gasteiger partial charge in [0.2, 0.25) is 0 Å². The van der Waals surface area contributed by atoms with Crippen molar-refractivity contribution in [2.45, 2.75) is 32.4 Å². The van der Waals surface area contributed by atoms with Crippen molar-refractivity contribution < 1.29 is 14.2 Å². The highest BCUT2D eigenvalue weighted by Gasteiger charge is 2.07. The van der Waals surface area contributed by atoms with Crippen molar-refractivity contribution in [2.24, 2.45) is 0 Å². The number of hydrogen-bond acceptors (Lipinski definition) is 4. The van der Waals surface area contributed by atoms with Crippen LogP contribution in [0.3, 0.4) is 0 Å². The summed E-state index contributed by atoms with van der Waals surface area (Å²) in [4.78, 5) is 4.43. The molecule has 0 aliphatic heterocycles. The zero-order chi connectivity index (χ0) is 18.3. The molecule has 1 aromatic carbocycles. The molecule has 134 valence electrons. The average Bonchev–Trinajstić information content (AvgIpc) is 2.98. The molecule has 0 spiro atoms. The van der Waals surface area contributed by atoms with E-state index >= 15 is 0 Å². The Hall–Kier alpha value is -1.87. The Kier molecular flexibility index (Phi) is 7.01. The van der Waals surface area contributed by atoms with Crippen LogP contribution in [-0.4, -0.2) is 35.8 Å². The van der Waals surface area contributed by atoms with Gasteiger partial charge in [0.25, 0.3) is 0 Å². The molecule has 3 nitrogen and oxygen atoms in total. The van der Waals surface area contributed by atoms with Crippen molar-refractivity contribution in [1.82, 2.24) is 4.90 Å². The minimum atomic E-state index is -0.967. The quantitative estimate of drug-likeness (QED) is 0.599. The maximum atomic E-state index is 12.8. The number of rotatable bonds is 7. The van der Waals surface area contributed by atoms with E-state index in [1.54, 1.807) is 37.3 Å². The molecule has 0 radical (unpaired) electrons. The van der Waals surface area contributed by atoms with Gasteiger partial charge in [0.1, 0.15) is 17.2 Å². The van der Waals surface area contributed by atoms with Gasteiger partial charge in [0, 0.05) is 18.0 Å². The van der Waals surface area contributed by atoms with E-state index in [2.05, 4.69) is 29.9 Å². The highest BCUT2D eigenvalue weighted by atomic mass is 32.1. The van der Waals surface area contributed by atoms with Crippen molar-refractivity contribution in [3.05, 3.63) is 52.0 Å². The number of thiophene rings is 1. The first-order chi connectivity index (χ1) is 11.8. The first-order valence-electron chi connectivity index (χ1n) is 8.23. The smallest absolute Gasteiger partial charge is 0.123 e. The molecular weight excluding hydrogens is 337 g/mol. The zero-order valence-corrected chi connectivity index (χ0v) is 15.7. The summed E-state index contributed by atoms with van der Waals surface area (Å²) in [5, 5.41) is 9.64. The Balaban J connectivity index is 1.71. The largest absolute Gasteiger partial charge is 0.494 e. The molecule has 2 rings (SSSR count). The van der Waals surface area contributed by atoms with E-state index in [0.717, 1.165) is 24.4 Å². The maximum absolute atomic E-state index is 12.8. The number of aliphatic hydroxyl groups is 1. The molecule has 25 heavy (non-hydrogen) atoms. The number of nitrogens with zero attached hydrogens (tertiary/aromatic N) is 1. The third kappa shape index (κ3) is 7.70. The monoisotopic (exact) mass is 361 g/mol. The van der Waals surface area contributed by atoms with Gasteiger partial charge in [0.15, 0.2) is 0 Å². The van der Waals surface area contributed by atoms with Gasteiger partial charge in [-0.3, -0.25) is 0 Å². The van der Waals surface area contributed by atoms with Crippen molar-refractivity contribution in [3.63, 3.8) is 0 Å². The fraction of sp³-hybridized carbons (Fsp3) is 0.400. The lowest BCUT2D eigenvalue weighted by molar-refractivity contribution is 0.143. The van der Waals surface area contributed by atoms with E-state index in [4.69, 9.17) is 4.74 Å². The normalized spacial score (nSPS) is 11.3. The van der Waals surface area contributed by atoms with Gasteiger partial charge < -0.3 is 14.7 Å². The van der Waals surface area contributed by atoms with Gasteiger partial charge in [-0.05, 0) is 63.7 Å². The molecule has 0 aliphatic carbocycles. The Morgan fingerprint density at radius 2 is 1.92 bits per heavy atom. The minimum Gasteiger partial charge on any atom is -0.494 e. The molecule has 0 saturated carbocycles. The molecule has 0 bridgehead atoms. The second kappa shape index (κ2) is 9.00. The van der Waals surface area contributed by atoms with Crippen LogP contribution in [0.15, 0.2) is 36.4 Å². The van der Waals surface area contributed by atoms with Crippen LogP contribution in [-0.2, 0) is 6.54 Å². The molecule has 0 atom stereocenters. The van der Waals surface area contributed by atoms with E-state index in [1.165, 1.54) is 17.0 Å². The topological polar surface area (TPSA) is 32.7 Å². The van der Waals surface area contributed by atoms with Crippen molar-refractivity contribution in [2.75, 3.05) is 20.2 Å². The molecule has 0 fully saturated rings. The van der Waals surface area contributed by atoms with Gasteiger partial charge in [-0.15, -0.1) is 11.3 Å². The first-order valence-corrected chi connectivity index (χ1v) is 9.05. The van der Waals surface area contributed by atoms with Crippen LogP contribution in [0.5, 0.6) is 5.75 Å². The van der Waals surface area contributed by atoms with Gasteiger partial charge in [0.05, 0.1) is 11.5 Å². The Bertz CT molecular complexity index is 723. The minimum absolute atomic E-state index is 0.255. The van der Waals surface area contributed by atoms with Crippen molar-refractivity contribution in [1.29, 1.82) is 0 Å². The molecule has 1 N–H and O–H groups in total. The third-order valence-electron chi connectivity index (χ3n) is 3.35. The predicted molar refractivity (Wildman–Crippen MR) is 100 cm³/mol. The van der Waals surface area contributed by atoms with E-state index < -0.39 is 5.60 Å². The molecular formula is C20H24FNO2S. The van der Waals surface area contributed by atoms with E-state index in [0.29, 0.717) is 12.4 Å². The second-order valence-electron chi connectivity index (χ2n) is 6.47. The van der Waals surface area contributed by atoms with Crippen LogP contribution < -0.4 is 4.74 Å². The number of hydrogen-bond donors (Lipinski definition) is 1. The summed E-state index contributed by atoms with van der Waals surface area (Å²) < 4.78 is 18.4. The molecule has 1 heterocycles. The van der Waals surface area contributed by atoms with Crippen LogP contribution in [0, 0.1) is 17.7 Å². The maximum Gasteiger partial charge on any atom is 0.123 e. The Morgan fingerprint density at radius 1 is 1.20 bits per heavy atom. The standard InChI is InChI=1S/C20H24FNO2S/c1-20(2,23)12-11-18-9-10-19(25-18)15-22(3)13-4-14-24-17-7-5-16(21)6-8-17/h5-10,23H,4,13-15H2,1-3H3. The van der Waals surface area contributed by atoms with Gasteiger partial charge in [-0.25, -0.2) is 4.39 Å². The molecule has 0 saturated heterocycles. The van der Waals surface area contributed by atoms with Crippen LogP contribution >= 0.6 is 11.3 Å². The van der Waals surface area contributed by atoms with Crippen molar-refractivity contribution >= 4 is 11.3 Å². The fourth-order valence-corrected chi connectivity index (χ4v) is 3.09. The zero-order valence-electron chi connectivity index (χ0n) is 14.9. The van der Waals surface area contributed by atoms with Crippen LogP contribution in [0.1, 0.15) is 30.0 Å². The summed E-state index contributed by atoms with van der Waals surface area (Å²) in [5.74, 6) is 6.27. The lowest BCUT2D eigenvalue weighted by Crippen LogP contribution is -2.20. The van der Waals surface area contributed by atoms with E-state index in [-0.39, 0.29) is 5.82 Å². The van der Waals surface area contributed by atoms with E-state index in [1.807, 2.05) is 6.07 Å². The summed E-state index contributed by atoms with van der Waals surface area (Å²) in [6, 6.07) is 10.1. The van der Waals surface area contributed by atoms with Crippen LogP contribution in [0.25, 0.3) is 0 Å². The second-order valence-corrected chi connectivity index (χ2v) is 7.64. The lowest BCUT2D eigenvalue weighted by Gasteiger charge is -2.15.